The Balaban J connectivity index is 2.53. The van der Waals surface area contributed by atoms with Crippen molar-refractivity contribution in [3.8, 4) is 5.75 Å². The molecule has 3 N–H and O–H groups in total. The highest BCUT2D eigenvalue weighted by atomic mass is 32.2. The lowest BCUT2D eigenvalue weighted by molar-refractivity contribution is -0.118. The van der Waals surface area contributed by atoms with Gasteiger partial charge in [-0.3, -0.25) is 9.52 Å². The Kier molecular flexibility index (Phi) is 4.33. The van der Waals surface area contributed by atoms with E-state index in [0.29, 0.717) is 11.4 Å². The summed E-state index contributed by atoms with van der Waals surface area (Å²) in [5.74, 6) is 0.116. The van der Waals surface area contributed by atoms with Gasteiger partial charge in [0.1, 0.15) is 5.75 Å². The number of carbonyl (C=O) groups excluding carboxylic acids is 1. The third-order valence-corrected chi connectivity index (χ3v) is 2.38. The topological polar surface area (TPSA) is 98.5 Å². The molecule has 7 heteroatoms. The summed E-state index contributed by atoms with van der Waals surface area (Å²) in [4.78, 5) is 10.5. The van der Waals surface area contributed by atoms with Crippen LogP contribution >= 0.6 is 0 Å². The standard InChI is InChI=1S/C10H14N2O4S/c1-17(14,15)12-8-2-4-9(5-3-8)16-7-6-10(11)13/h2-5,12H,6-7H2,1H3,(H2,11,13). The van der Waals surface area contributed by atoms with Gasteiger partial charge in [0.05, 0.1) is 19.3 Å². The highest BCUT2D eigenvalue weighted by Gasteiger charge is 2.02. The van der Waals surface area contributed by atoms with Crippen LogP contribution in [0.4, 0.5) is 5.69 Å². The Hall–Kier alpha value is -1.76. The van der Waals surface area contributed by atoms with Crippen LogP contribution in [0, 0.1) is 0 Å². The van der Waals surface area contributed by atoms with Crippen LogP contribution in [0.3, 0.4) is 0 Å². The first kappa shape index (κ1) is 13.3. The molecule has 0 aromatic heterocycles. The normalized spacial score (nSPS) is 10.9. The van der Waals surface area contributed by atoms with Crippen molar-refractivity contribution < 1.29 is 17.9 Å². The molecule has 0 bridgehead atoms. The molecule has 0 spiro atoms. The molecule has 1 aromatic carbocycles. The lowest BCUT2D eigenvalue weighted by Crippen LogP contribution is -2.14. The van der Waals surface area contributed by atoms with Crippen LogP contribution in [0.15, 0.2) is 24.3 Å². The van der Waals surface area contributed by atoms with Gasteiger partial charge in [0.25, 0.3) is 0 Å². The fourth-order valence-corrected chi connectivity index (χ4v) is 1.67. The average Bonchev–Trinajstić information content (AvgIpc) is 2.18. The van der Waals surface area contributed by atoms with Crippen LogP contribution in [0.2, 0.25) is 0 Å². The van der Waals surface area contributed by atoms with Gasteiger partial charge in [-0.25, -0.2) is 8.42 Å². The van der Waals surface area contributed by atoms with Crippen molar-refractivity contribution in [3.05, 3.63) is 24.3 Å². The Morgan fingerprint density at radius 1 is 1.35 bits per heavy atom. The van der Waals surface area contributed by atoms with Crippen molar-refractivity contribution in [1.82, 2.24) is 0 Å². The molecule has 0 heterocycles. The number of amides is 1. The summed E-state index contributed by atoms with van der Waals surface area (Å²) in [7, 11) is -3.27. The van der Waals surface area contributed by atoms with Gasteiger partial charge in [-0.1, -0.05) is 0 Å². The van der Waals surface area contributed by atoms with Crippen LogP contribution in [-0.2, 0) is 14.8 Å². The summed E-state index contributed by atoms with van der Waals surface area (Å²) < 4.78 is 29.4. The molecule has 1 amide bonds. The smallest absolute Gasteiger partial charge is 0.229 e. The minimum Gasteiger partial charge on any atom is -0.493 e. The molecule has 0 atom stereocenters. The number of nitrogens with two attached hydrogens (primary N) is 1. The summed E-state index contributed by atoms with van der Waals surface area (Å²) in [5, 5.41) is 0. The van der Waals surface area contributed by atoms with Crippen LogP contribution < -0.4 is 15.2 Å². The predicted octanol–water partition coefficient (Wildman–Crippen LogP) is 0.312. The van der Waals surface area contributed by atoms with Gasteiger partial charge in [0.2, 0.25) is 15.9 Å². The number of rotatable bonds is 6. The zero-order chi connectivity index (χ0) is 12.9. The average molecular weight is 258 g/mol. The molecule has 6 nitrogen and oxygen atoms in total. The van der Waals surface area contributed by atoms with Gasteiger partial charge in [0, 0.05) is 5.69 Å². The maximum absolute atomic E-state index is 10.9. The molecule has 1 rings (SSSR count). The molecule has 94 valence electrons. The van der Waals surface area contributed by atoms with Crippen LogP contribution in [0.25, 0.3) is 0 Å². The third-order valence-electron chi connectivity index (χ3n) is 1.77. The maximum atomic E-state index is 10.9. The highest BCUT2D eigenvalue weighted by molar-refractivity contribution is 7.92. The fourth-order valence-electron chi connectivity index (χ4n) is 1.10. The summed E-state index contributed by atoms with van der Waals surface area (Å²) in [5.41, 5.74) is 5.41. The lowest BCUT2D eigenvalue weighted by atomic mass is 10.3. The fraction of sp³-hybridized carbons (Fsp3) is 0.300. The van der Waals surface area contributed by atoms with E-state index < -0.39 is 15.9 Å². The van der Waals surface area contributed by atoms with Gasteiger partial charge >= 0.3 is 0 Å². The van der Waals surface area contributed by atoms with E-state index in [9.17, 15) is 13.2 Å². The summed E-state index contributed by atoms with van der Waals surface area (Å²) in [6, 6.07) is 6.35. The molecule has 0 unspecified atom stereocenters. The summed E-state index contributed by atoms with van der Waals surface area (Å²) in [6.45, 7) is 0.203. The van der Waals surface area contributed by atoms with Crippen molar-refractivity contribution in [2.75, 3.05) is 17.6 Å². The van der Waals surface area contributed by atoms with E-state index >= 15 is 0 Å². The largest absolute Gasteiger partial charge is 0.493 e. The zero-order valence-corrected chi connectivity index (χ0v) is 10.2. The van der Waals surface area contributed by atoms with Gasteiger partial charge in [-0.2, -0.15) is 0 Å². The minimum absolute atomic E-state index is 0.142. The number of benzene rings is 1. The number of anilines is 1. The number of hydrogen-bond acceptors (Lipinski definition) is 4. The van der Waals surface area contributed by atoms with Crippen molar-refractivity contribution in [1.29, 1.82) is 0 Å². The monoisotopic (exact) mass is 258 g/mol. The van der Waals surface area contributed by atoms with E-state index in [4.69, 9.17) is 10.5 Å². The van der Waals surface area contributed by atoms with Crippen LogP contribution in [0.1, 0.15) is 6.42 Å². The Morgan fingerprint density at radius 2 is 1.94 bits per heavy atom. The van der Waals surface area contributed by atoms with Gasteiger partial charge in [0.15, 0.2) is 0 Å². The van der Waals surface area contributed by atoms with Crippen molar-refractivity contribution in [3.63, 3.8) is 0 Å². The van der Waals surface area contributed by atoms with E-state index in [1.807, 2.05) is 0 Å². The molecular weight excluding hydrogens is 244 g/mol. The second-order valence-corrected chi connectivity index (χ2v) is 5.21. The SMILES string of the molecule is CS(=O)(=O)Nc1ccc(OCCC(N)=O)cc1. The molecule has 0 aliphatic carbocycles. The number of hydrogen-bond donors (Lipinski definition) is 2. The predicted molar refractivity (Wildman–Crippen MR) is 64.2 cm³/mol. The Labute approximate surface area is 99.8 Å². The first-order valence-corrected chi connectivity index (χ1v) is 6.75. The molecule has 17 heavy (non-hydrogen) atoms. The number of carbonyl (C=O) groups is 1. The molecular formula is C10H14N2O4S. The van der Waals surface area contributed by atoms with E-state index in [-0.39, 0.29) is 13.0 Å². The zero-order valence-electron chi connectivity index (χ0n) is 9.34. The number of nitrogens with one attached hydrogen (secondary N) is 1. The highest BCUT2D eigenvalue weighted by Crippen LogP contribution is 2.16. The first-order chi connectivity index (χ1) is 7.87. The summed E-state index contributed by atoms with van der Waals surface area (Å²) in [6.07, 6.45) is 1.22. The number of ether oxygens (including phenoxy) is 1. The van der Waals surface area contributed by atoms with E-state index in [2.05, 4.69) is 4.72 Å². The number of primary amides is 1. The molecule has 0 radical (unpaired) electrons. The summed E-state index contributed by atoms with van der Waals surface area (Å²) >= 11 is 0. The van der Waals surface area contributed by atoms with Crippen molar-refractivity contribution in [2.24, 2.45) is 5.73 Å². The quantitative estimate of drug-likeness (QED) is 0.767. The number of sulfonamides is 1. The van der Waals surface area contributed by atoms with Crippen molar-refractivity contribution in [2.45, 2.75) is 6.42 Å². The molecule has 0 aliphatic heterocycles. The van der Waals surface area contributed by atoms with Gasteiger partial charge < -0.3 is 10.5 Å². The minimum atomic E-state index is -3.27. The molecule has 1 aromatic rings. The second-order valence-electron chi connectivity index (χ2n) is 3.46. The third kappa shape index (κ3) is 5.76. The molecule has 0 saturated heterocycles. The Morgan fingerprint density at radius 3 is 2.41 bits per heavy atom. The van der Waals surface area contributed by atoms with E-state index in [0.717, 1.165) is 6.26 Å². The molecule has 0 fully saturated rings. The first-order valence-electron chi connectivity index (χ1n) is 4.86. The Bertz CT molecular complexity index is 482. The second kappa shape index (κ2) is 5.53. The van der Waals surface area contributed by atoms with Crippen LogP contribution in [-0.4, -0.2) is 27.2 Å². The molecule has 0 aliphatic rings. The molecule has 0 saturated carbocycles. The van der Waals surface area contributed by atoms with Gasteiger partial charge in [-0.05, 0) is 24.3 Å². The van der Waals surface area contributed by atoms with Crippen molar-refractivity contribution >= 4 is 21.6 Å². The van der Waals surface area contributed by atoms with Crippen LogP contribution in [0.5, 0.6) is 5.75 Å². The maximum Gasteiger partial charge on any atom is 0.229 e. The lowest BCUT2D eigenvalue weighted by Gasteiger charge is -2.07. The van der Waals surface area contributed by atoms with E-state index in [1.54, 1.807) is 24.3 Å². The van der Waals surface area contributed by atoms with Gasteiger partial charge in [-0.15, -0.1) is 0 Å². The van der Waals surface area contributed by atoms with E-state index in [1.165, 1.54) is 0 Å².